The Morgan fingerprint density at radius 1 is 1.86 bits per heavy atom. The first-order chi connectivity index (χ1) is 6.63. The van der Waals surface area contributed by atoms with Gasteiger partial charge >= 0.3 is 0 Å². The fourth-order valence-corrected chi connectivity index (χ4v) is 1.84. The van der Waals surface area contributed by atoms with Crippen molar-refractivity contribution in [2.45, 2.75) is 11.8 Å². The van der Waals surface area contributed by atoms with Crippen LogP contribution in [0.3, 0.4) is 0 Å². The molecule has 1 aromatic heterocycles. The van der Waals surface area contributed by atoms with Gasteiger partial charge in [-0.1, -0.05) is 12.1 Å². The quantitative estimate of drug-likeness (QED) is 0.257. The molecule has 0 aliphatic heterocycles. The maximum Gasteiger partial charge on any atom is 0.142 e. The molecule has 3 N–H and O–H groups in total. The molecule has 1 heterocycles. The van der Waals surface area contributed by atoms with Crippen LogP contribution in [0.1, 0.15) is 6.92 Å². The average Bonchev–Trinajstić information content (AvgIpc) is 2.59. The highest BCUT2D eigenvalue weighted by Gasteiger charge is 2.08. The van der Waals surface area contributed by atoms with Gasteiger partial charge in [0.2, 0.25) is 0 Å². The maximum absolute atomic E-state index is 8.44. The summed E-state index contributed by atoms with van der Waals surface area (Å²) in [5, 5.41) is 15.5. The highest BCUT2D eigenvalue weighted by atomic mass is 32.2. The van der Waals surface area contributed by atoms with Crippen molar-refractivity contribution in [3.05, 3.63) is 12.4 Å². The molecule has 78 valence electrons. The molecule has 0 fully saturated rings. The summed E-state index contributed by atoms with van der Waals surface area (Å²) in [7, 11) is 1.87. The van der Waals surface area contributed by atoms with Crippen molar-refractivity contribution >= 4 is 17.6 Å². The van der Waals surface area contributed by atoms with E-state index in [9.17, 15) is 0 Å². The molecule has 14 heavy (non-hydrogen) atoms. The number of nitrogens with zero attached hydrogens (tertiary/aromatic N) is 3. The molecule has 6 heteroatoms. The summed E-state index contributed by atoms with van der Waals surface area (Å²) in [5.74, 6) is 1.10. The van der Waals surface area contributed by atoms with Gasteiger partial charge in [0.1, 0.15) is 5.84 Å². The topological polar surface area (TPSA) is 76.4 Å². The Bertz CT molecular complexity index is 323. The Morgan fingerprint density at radius 2 is 2.57 bits per heavy atom. The highest BCUT2D eigenvalue weighted by molar-refractivity contribution is 7.99. The monoisotopic (exact) mass is 214 g/mol. The molecule has 0 aliphatic rings. The van der Waals surface area contributed by atoms with Gasteiger partial charge < -0.3 is 10.9 Å². The van der Waals surface area contributed by atoms with Crippen LogP contribution in [0.4, 0.5) is 0 Å². The minimum Gasteiger partial charge on any atom is -0.409 e. The first-order valence-electron chi connectivity index (χ1n) is 4.22. The molecule has 0 aliphatic carbocycles. The molecule has 0 bridgehead atoms. The van der Waals surface area contributed by atoms with Crippen molar-refractivity contribution in [3.8, 4) is 0 Å². The molecule has 0 radical (unpaired) electrons. The Morgan fingerprint density at radius 3 is 3.07 bits per heavy atom. The number of oxime groups is 1. The lowest BCUT2D eigenvalue weighted by molar-refractivity contribution is 0.315. The fraction of sp³-hybridized carbons (Fsp3) is 0.500. The van der Waals surface area contributed by atoms with E-state index in [1.807, 2.05) is 20.2 Å². The number of thioether (sulfide) groups is 1. The van der Waals surface area contributed by atoms with Crippen LogP contribution < -0.4 is 5.73 Å². The number of rotatable bonds is 4. The number of aromatic nitrogens is 2. The zero-order chi connectivity index (χ0) is 10.6. The third-order valence-electron chi connectivity index (χ3n) is 1.80. The predicted octanol–water partition coefficient (Wildman–Crippen LogP) is 0.895. The van der Waals surface area contributed by atoms with E-state index in [1.54, 1.807) is 22.6 Å². The molecule has 0 aromatic carbocycles. The SMILES string of the molecule is CC(CSc1cnn(C)c1)C(N)=NO. The third kappa shape index (κ3) is 2.95. The average molecular weight is 214 g/mol. The second-order valence-electron chi connectivity index (χ2n) is 3.09. The molecular weight excluding hydrogens is 200 g/mol. The van der Waals surface area contributed by atoms with Gasteiger partial charge in [-0.15, -0.1) is 11.8 Å². The molecule has 1 aromatic rings. The largest absolute Gasteiger partial charge is 0.409 e. The van der Waals surface area contributed by atoms with E-state index in [0.29, 0.717) is 0 Å². The number of hydrogen-bond donors (Lipinski definition) is 2. The second kappa shape index (κ2) is 4.90. The summed E-state index contributed by atoms with van der Waals surface area (Å²) in [5.41, 5.74) is 5.45. The molecule has 1 unspecified atom stereocenters. The van der Waals surface area contributed by atoms with Gasteiger partial charge in [-0.3, -0.25) is 4.68 Å². The minimum absolute atomic E-state index is 0.0604. The van der Waals surface area contributed by atoms with E-state index in [4.69, 9.17) is 10.9 Å². The van der Waals surface area contributed by atoms with E-state index in [-0.39, 0.29) is 11.8 Å². The zero-order valence-electron chi connectivity index (χ0n) is 8.21. The van der Waals surface area contributed by atoms with Crippen LogP contribution in [0.5, 0.6) is 0 Å². The minimum atomic E-state index is 0.0604. The van der Waals surface area contributed by atoms with Gasteiger partial charge in [-0.2, -0.15) is 5.10 Å². The second-order valence-corrected chi connectivity index (χ2v) is 4.18. The van der Waals surface area contributed by atoms with Crippen molar-refractivity contribution in [1.82, 2.24) is 9.78 Å². The lowest BCUT2D eigenvalue weighted by atomic mass is 10.2. The van der Waals surface area contributed by atoms with Crippen LogP contribution in [0.15, 0.2) is 22.4 Å². The number of aryl methyl sites for hydroxylation is 1. The summed E-state index contributed by atoms with van der Waals surface area (Å²) < 4.78 is 1.75. The Balaban J connectivity index is 2.41. The van der Waals surface area contributed by atoms with Crippen molar-refractivity contribution < 1.29 is 5.21 Å². The van der Waals surface area contributed by atoms with E-state index >= 15 is 0 Å². The van der Waals surface area contributed by atoms with Crippen LogP contribution in [-0.2, 0) is 7.05 Å². The number of nitrogens with two attached hydrogens (primary N) is 1. The Labute approximate surface area is 87.0 Å². The maximum atomic E-state index is 8.44. The molecule has 5 nitrogen and oxygen atoms in total. The highest BCUT2D eigenvalue weighted by Crippen LogP contribution is 2.19. The van der Waals surface area contributed by atoms with E-state index < -0.39 is 0 Å². The van der Waals surface area contributed by atoms with Crippen LogP contribution in [0, 0.1) is 5.92 Å². The Kier molecular flexibility index (Phi) is 3.82. The van der Waals surface area contributed by atoms with Crippen LogP contribution in [0.2, 0.25) is 0 Å². The summed E-state index contributed by atoms with van der Waals surface area (Å²) in [6, 6.07) is 0. The van der Waals surface area contributed by atoms with Gasteiger partial charge in [-0.05, 0) is 0 Å². The summed E-state index contributed by atoms with van der Waals surface area (Å²) in [6.07, 6.45) is 3.73. The standard InChI is InChI=1S/C8H14N4OS/c1-6(8(9)11-13)5-14-7-3-10-12(2)4-7/h3-4,6,13H,5H2,1-2H3,(H2,9,11). The Hall–Kier alpha value is -1.17. The summed E-state index contributed by atoms with van der Waals surface area (Å²) in [4.78, 5) is 1.09. The number of hydrogen-bond acceptors (Lipinski definition) is 4. The molecular formula is C8H14N4OS. The van der Waals surface area contributed by atoms with Gasteiger partial charge in [-0.25, -0.2) is 0 Å². The smallest absolute Gasteiger partial charge is 0.142 e. The molecule has 1 atom stereocenters. The lowest BCUT2D eigenvalue weighted by Gasteiger charge is -2.07. The predicted molar refractivity (Wildman–Crippen MR) is 56.5 cm³/mol. The van der Waals surface area contributed by atoms with Gasteiger partial charge in [0.05, 0.1) is 6.20 Å². The summed E-state index contributed by atoms with van der Waals surface area (Å²) >= 11 is 1.64. The fourth-order valence-electron chi connectivity index (χ4n) is 0.878. The lowest BCUT2D eigenvalue weighted by Crippen LogP contribution is -2.22. The van der Waals surface area contributed by atoms with Gasteiger partial charge in [0.15, 0.2) is 0 Å². The van der Waals surface area contributed by atoms with Crippen LogP contribution in [0.25, 0.3) is 0 Å². The van der Waals surface area contributed by atoms with E-state index in [1.165, 1.54) is 0 Å². The molecule has 0 amide bonds. The van der Waals surface area contributed by atoms with Crippen LogP contribution >= 0.6 is 11.8 Å². The molecule has 0 saturated heterocycles. The first kappa shape index (κ1) is 10.9. The molecule has 0 spiro atoms. The normalized spacial score (nSPS) is 14.3. The first-order valence-corrected chi connectivity index (χ1v) is 5.21. The van der Waals surface area contributed by atoms with Crippen molar-refractivity contribution in [2.75, 3.05) is 5.75 Å². The van der Waals surface area contributed by atoms with Crippen molar-refractivity contribution in [3.63, 3.8) is 0 Å². The zero-order valence-corrected chi connectivity index (χ0v) is 9.03. The molecule has 0 saturated carbocycles. The van der Waals surface area contributed by atoms with Crippen molar-refractivity contribution in [2.24, 2.45) is 23.9 Å². The third-order valence-corrected chi connectivity index (χ3v) is 3.01. The van der Waals surface area contributed by atoms with Gasteiger partial charge in [0, 0.05) is 29.8 Å². The van der Waals surface area contributed by atoms with Crippen LogP contribution in [-0.4, -0.2) is 26.6 Å². The van der Waals surface area contributed by atoms with E-state index in [0.717, 1.165) is 10.6 Å². The number of amidine groups is 1. The van der Waals surface area contributed by atoms with E-state index in [2.05, 4.69) is 10.3 Å². The molecule has 1 rings (SSSR count). The van der Waals surface area contributed by atoms with Gasteiger partial charge in [0.25, 0.3) is 0 Å². The van der Waals surface area contributed by atoms with Crippen molar-refractivity contribution in [1.29, 1.82) is 0 Å². The summed E-state index contributed by atoms with van der Waals surface area (Å²) in [6.45, 7) is 1.92.